The predicted octanol–water partition coefficient (Wildman–Crippen LogP) is 3.60. The Hall–Kier alpha value is -0.860. The predicted molar refractivity (Wildman–Crippen MR) is 80.3 cm³/mol. The van der Waals surface area contributed by atoms with Crippen LogP contribution in [0, 0.1) is 6.92 Å². The monoisotopic (exact) mass is 261 g/mol. The molecule has 1 atom stereocenters. The molecule has 2 N–H and O–H groups in total. The molecule has 0 bridgehead atoms. The van der Waals surface area contributed by atoms with E-state index >= 15 is 0 Å². The zero-order chi connectivity index (χ0) is 13.7. The van der Waals surface area contributed by atoms with Crippen LogP contribution in [0.5, 0.6) is 0 Å². The maximum Gasteiger partial charge on any atom is 0.0835 e. The minimum absolute atomic E-state index is 0.0866. The van der Waals surface area contributed by atoms with Crippen LogP contribution in [0.15, 0.2) is 24.3 Å². The fourth-order valence-electron chi connectivity index (χ4n) is 3.34. The van der Waals surface area contributed by atoms with Crippen LogP contribution in [-0.4, -0.2) is 18.2 Å². The van der Waals surface area contributed by atoms with Crippen molar-refractivity contribution in [3.05, 3.63) is 35.4 Å². The molecule has 1 saturated carbocycles. The first-order valence-electron chi connectivity index (χ1n) is 7.61. The minimum Gasteiger partial charge on any atom is -0.374 e. The summed E-state index contributed by atoms with van der Waals surface area (Å²) < 4.78 is 6.11. The van der Waals surface area contributed by atoms with Gasteiger partial charge in [0.1, 0.15) is 0 Å². The second-order valence-corrected chi connectivity index (χ2v) is 5.86. The van der Waals surface area contributed by atoms with E-state index in [2.05, 4.69) is 38.1 Å². The summed E-state index contributed by atoms with van der Waals surface area (Å²) in [6, 6.07) is 8.77. The molecule has 0 radical (unpaired) electrons. The highest BCUT2D eigenvalue weighted by Crippen LogP contribution is 2.35. The summed E-state index contributed by atoms with van der Waals surface area (Å²) in [6.45, 7) is 4.98. The van der Waals surface area contributed by atoms with Gasteiger partial charge in [-0.05, 0) is 38.7 Å². The zero-order valence-corrected chi connectivity index (χ0v) is 12.3. The first kappa shape index (κ1) is 14.5. The van der Waals surface area contributed by atoms with Crippen LogP contribution in [0.1, 0.15) is 50.2 Å². The van der Waals surface area contributed by atoms with E-state index in [0.29, 0.717) is 0 Å². The molecule has 2 heteroatoms. The summed E-state index contributed by atoms with van der Waals surface area (Å²) in [7, 11) is 0. The molecule has 106 valence electrons. The Kier molecular flexibility index (Phi) is 5.00. The number of nitrogens with two attached hydrogens (primary N) is 1. The summed E-state index contributed by atoms with van der Waals surface area (Å²) in [5.74, 6) is 0. The lowest BCUT2D eigenvalue weighted by atomic mass is 9.77. The fraction of sp³-hybridized carbons (Fsp3) is 0.647. The van der Waals surface area contributed by atoms with Gasteiger partial charge >= 0.3 is 0 Å². The molecule has 0 aliphatic heterocycles. The summed E-state index contributed by atoms with van der Waals surface area (Å²) in [6.07, 6.45) is 6.98. The lowest BCUT2D eigenvalue weighted by molar-refractivity contribution is -0.0817. The van der Waals surface area contributed by atoms with Gasteiger partial charge in [0, 0.05) is 12.6 Å². The molecule has 1 aliphatic carbocycles. The molecule has 1 aliphatic rings. The Labute approximate surface area is 117 Å². The van der Waals surface area contributed by atoms with Gasteiger partial charge in [-0.2, -0.15) is 0 Å². The Morgan fingerprint density at radius 3 is 2.63 bits per heavy atom. The van der Waals surface area contributed by atoms with Crippen molar-refractivity contribution in [1.29, 1.82) is 0 Å². The van der Waals surface area contributed by atoms with E-state index in [9.17, 15) is 0 Å². The highest BCUT2D eigenvalue weighted by atomic mass is 16.5. The maximum atomic E-state index is 6.53. The van der Waals surface area contributed by atoms with Crippen LogP contribution in [-0.2, 0) is 11.2 Å². The largest absolute Gasteiger partial charge is 0.374 e. The maximum absolute atomic E-state index is 6.53. The van der Waals surface area contributed by atoms with Crippen molar-refractivity contribution < 1.29 is 4.74 Å². The Balaban J connectivity index is 2.08. The molecule has 0 heterocycles. The molecule has 1 aromatic carbocycles. The van der Waals surface area contributed by atoms with Crippen LogP contribution in [0.4, 0.5) is 0 Å². The Morgan fingerprint density at radius 1 is 1.26 bits per heavy atom. The van der Waals surface area contributed by atoms with E-state index in [4.69, 9.17) is 10.5 Å². The van der Waals surface area contributed by atoms with Gasteiger partial charge in [-0.15, -0.1) is 0 Å². The van der Waals surface area contributed by atoms with Crippen molar-refractivity contribution in [1.82, 2.24) is 0 Å². The number of hydrogen-bond acceptors (Lipinski definition) is 2. The molecule has 1 fully saturated rings. The number of hydrogen-bond donors (Lipinski definition) is 1. The molecule has 1 aromatic rings. The zero-order valence-electron chi connectivity index (χ0n) is 12.3. The normalized spacial score (nSPS) is 20.2. The number of rotatable bonds is 5. The van der Waals surface area contributed by atoms with Crippen molar-refractivity contribution in [3.8, 4) is 0 Å². The van der Waals surface area contributed by atoms with E-state index in [1.807, 2.05) is 0 Å². The van der Waals surface area contributed by atoms with Gasteiger partial charge in [0.25, 0.3) is 0 Å². The molecule has 0 spiro atoms. The van der Waals surface area contributed by atoms with Gasteiger partial charge in [0.05, 0.1) is 5.60 Å². The smallest absolute Gasteiger partial charge is 0.0835 e. The average Bonchev–Trinajstić information content (AvgIpc) is 2.40. The Morgan fingerprint density at radius 2 is 2.00 bits per heavy atom. The number of benzene rings is 1. The van der Waals surface area contributed by atoms with E-state index in [1.54, 1.807) is 0 Å². The molecule has 19 heavy (non-hydrogen) atoms. The van der Waals surface area contributed by atoms with Crippen molar-refractivity contribution in [2.45, 2.75) is 64.0 Å². The quantitative estimate of drug-likeness (QED) is 0.879. The van der Waals surface area contributed by atoms with Crippen molar-refractivity contribution in [3.63, 3.8) is 0 Å². The van der Waals surface area contributed by atoms with E-state index in [1.165, 1.54) is 30.4 Å². The first-order valence-corrected chi connectivity index (χ1v) is 7.61. The molecule has 1 unspecified atom stereocenters. The minimum atomic E-state index is -0.0866. The third-order valence-corrected chi connectivity index (χ3v) is 4.35. The van der Waals surface area contributed by atoms with Gasteiger partial charge < -0.3 is 10.5 Å². The highest BCUT2D eigenvalue weighted by molar-refractivity contribution is 5.23. The summed E-state index contributed by atoms with van der Waals surface area (Å²) in [4.78, 5) is 0. The molecular weight excluding hydrogens is 234 g/mol. The highest BCUT2D eigenvalue weighted by Gasteiger charge is 2.38. The molecule has 2 nitrogen and oxygen atoms in total. The van der Waals surface area contributed by atoms with Crippen molar-refractivity contribution >= 4 is 0 Å². The van der Waals surface area contributed by atoms with E-state index in [-0.39, 0.29) is 11.6 Å². The molecule has 2 rings (SSSR count). The second kappa shape index (κ2) is 6.53. The van der Waals surface area contributed by atoms with Gasteiger partial charge in [0.15, 0.2) is 0 Å². The lowest BCUT2D eigenvalue weighted by Crippen LogP contribution is -2.52. The third-order valence-electron chi connectivity index (χ3n) is 4.35. The third kappa shape index (κ3) is 3.58. The molecule has 0 aromatic heterocycles. The first-order chi connectivity index (χ1) is 9.16. The van der Waals surface area contributed by atoms with Gasteiger partial charge in [-0.1, -0.05) is 49.1 Å². The van der Waals surface area contributed by atoms with Crippen molar-refractivity contribution in [2.75, 3.05) is 6.61 Å². The van der Waals surface area contributed by atoms with Crippen LogP contribution < -0.4 is 5.73 Å². The summed E-state index contributed by atoms with van der Waals surface area (Å²) >= 11 is 0. The number of ether oxygens (including phenoxy) is 1. The molecule has 0 saturated heterocycles. The van der Waals surface area contributed by atoms with Crippen molar-refractivity contribution in [2.24, 2.45) is 5.73 Å². The van der Waals surface area contributed by atoms with E-state index in [0.717, 1.165) is 25.9 Å². The molecular formula is C17H27NO. The fourth-order valence-corrected chi connectivity index (χ4v) is 3.34. The SMILES string of the molecule is CCOC1(C(N)Cc2cccc(C)c2)CCCCC1. The van der Waals surface area contributed by atoms with E-state index < -0.39 is 0 Å². The summed E-state index contributed by atoms with van der Waals surface area (Å²) in [5.41, 5.74) is 9.08. The van der Waals surface area contributed by atoms with Crippen LogP contribution >= 0.6 is 0 Å². The van der Waals surface area contributed by atoms with Crippen LogP contribution in [0.25, 0.3) is 0 Å². The van der Waals surface area contributed by atoms with Gasteiger partial charge in [-0.3, -0.25) is 0 Å². The topological polar surface area (TPSA) is 35.2 Å². The van der Waals surface area contributed by atoms with Crippen LogP contribution in [0.2, 0.25) is 0 Å². The van der Waals surface area contributed by atoms with Gasteiger partial charge in [0.2, 0.25) is 0 Å². The second-order valence-electron chi connectivity index (χ2n) is 5.86. The summed E-state index contributed by atoms with van der Waals surface area (Å²) in [5, 5.41) is 0. The standard InChI is InChI=1S/C17H27NO/c1-3-19-17(10-5-4-6-11-17)16(18)13-15-9-7-8-14(2)12-15/h7-9,12,16H,3-6,10-11,13,18H2,1-2H3. The Bertz CT molecular complexity index is 390. The number of aryl methyl sites for hydroxylation is 1. The van der Waals surface area contributed by atoms with Gasteiger partial charge in [-0.25, -0.2) is 0 Å². The molecule has 0 amide bonds. The lowest BCUT2D eigenvalue weighted by Gasteiger charge is -2.41. The van der Waals surface area contributed by atoms with Crippen LogP contribution in [0.3, 0.4) is 0 Å². The average molecular weight is 261 g/mol.